The topological polar surface area (TPSA) is 41.1 Å². The van der Waals surface area contributed by atoms with Crippen LogP contribution in [0.4, 0.5) is 5.69 Å². The summed E-state index contributed by atoms with van der Waals surface area (Å²) in [6.45, 7) is 6.26. The van der Waals surface area contributed by atoms with Crippen LogP contribution in [0.5, 0.6) is 0 Å². The molecule has 110 valence electrons. The quantitative estimate of drug-likeness (QED) is 0.593. The molecule has 0 atom stereocenters. The van der Waals surface area contributed by atoms with E-state index < -0.39 is 0 Å². The maximum atomic E-state index is 12.2. The molecule has 0 saturated carbocycles. The fourth-order valence-electron chi connectivity index (χ4n) is 2.71. The van der Waals surface area contributed by atoms with Crippen molar-refractivity contribution in [2.45, 2.75) is 26.3 Å². The zero-order valence-corrected chi connectivity index (χ0v) is 14.7. The molecule has 1 amide bonds. The Labute approximate surface area is 136 Å². The van der Waals surface area contributed by atoms with Gasteiger partial charge in [-0.15, -0.1) is 0 Å². The summed E-state index contributed by atoms with van der Waals surface area (Å²) in [7, 11) is 5.01. The van der Waals surface area contributed by atoms with Crippen molar-refractivity contribution < 1.29 is 4.79 Å². The number of fused-ring (bicyclic) bond motifs is 3. The summed E-state index contributed by atoms with van der Waals surface area (Å²) in [4.78, 5) is 13.5. The Morgan fingerprint density at radius 2 is 2.05 bits per heavy atom. The van der Waals surface area contributed by atoms with Crippen molar-refractivity contribution in [3.05, 3.63) is 32.0 Å². The zero-order chi connectivity index (χ0) is 15.4. The summed E-state index contributed by atoms with van der Waals surface area (Å²) >= 11 is 5.53. The number of amides is 1. The molecule has 0 bridgehead atoms. The lowest BCUT2D eigenvalue weighted by Gasteiger charge is -2.34. The van der Waals surface area contributed by atoms with E-state index in [-0.39, 0.29) is 11.4 Å². The van der Waals surface area contributed by atoms with E-state index in [2.05, 4.69) is 30.5 Å². The molecule has 3 nitrogen and oxygen atoms in total. The van der Waals surface area contributed by atoms with Gasteiger partial charge in [-0.2, -0.15) is 0 Å². The van der Waals surface area contributed by atoms with Crippen LogP contribution in [0.3, 0.4) is 0 Å². The molecule has 1 aliphatic heterocycles. The van der Waals surface area contributed by atoms with Crippen LogP contribution in [0.25, 0.3) is 11.1 Å². The van der Waals surface area contributed by atoms with Crippen molar-refractivity contribution in [1.29, 1.82) is 0 Å². The lowest BCUT2D eigenvalue weighted by molar-refractivity contribution is 0.0963. The Morgan fingerprint density at radius 3 is 2.71 bits per heavy atom. The van der Waals surface area contributed by atoms with Gasteiger partial charge in [0.15, 0.2) is 0 Å². The SMILES string of the molecule is CNC(=O)c1cc(C)cc2c1NC(C)(C)c1ssc(=S)c1-2. The molecule has 1 aromatic heterocycles. The van der Waals surface area contributed by atoms with Crippen LogP contribution >= 0.6 is 32.9 Å². The largest absolute Gasteiger partial charge is 0.374 e. The van der Waals surface area contributed by atoms with Gasteiger partial charge in [0.2, 0.25) is 0 Å². The molecule has 6 heteroatoms. The number of hydrogen-bond donors (Lipinski definition) is 2. The highest BCUT2D eigenvalue weighted by Gasteiger charge is 2.35. The van der Waals surface area contributed by atoms with Gasteiger partial charge >= 0.3 is 0 Å². The number of benzene rings is 1. The van der Waals surface area contributed by atoms with E-state index in [0.29, 0.717) is 5.56 Å². The number of hydrogen-bond acceptors (Lipinski definition) is 5. The lowest BCUT2D eigenvalue weighted by Crippen LogP contribution is -2.32. The molecule has 0 fully saturated rings. The minimum absolute atomic E-state index is 0.0773. The van der Waals surface area contributed by atoms with Gasteiger partial charge in [0.1, 0.15) is 3.82 Å². The van der Waals surface area contributed by atoms with Crippen molar-refractivity contribution in [3.8, 4) is 11.1 Å². The van der Waals surface area contributed by atoms with Crippen molar-refractivity contribution >= 4 is 44.5 Å². The molecule has 0 aliphatic carbocycles. The molecule has 1 aromatic carbocycles. The van der Waals surface area contributed by atoms with Gasteiger partial charge in [0, 0.05) is 18.2 Å². The number of aryl methyl sites for hydroxylation is 1. The Hall–Kier alpha value is -1.24. The number of carbonyl (C=O) groups excluding carboxylic acids is 1. The summed E-state index contributed by atoms with van der Waals surface area (Å²) in [5.74, 6) is -0.0773. The van der Waals surface area contributed by atoms with E-state index in [1.54, 1.807) is 27.7 Å². The second-order valence-corrected chi connectivity index (χ2v) is 8.54. The summed E-state index contributed by atoms with van der Waals surface area (Å²) < 4.78 is 0.902. The fraction of sp³-hybridized carbons (Fsp3) is 0.333. The molecule has 1 aliphatic rings. The van der Waals surface area contributed by atoms with Crippen LogP contribution in [0, 0.1) is 10.7 Å². The second-order valence-electron chi connectivity index (χ2n) is 5.72. The van der Waals surface area contributed by atoms with Crippen LogP contribution in [0.15, 0.2) is 12.1 Å². The first kappa shape index (κ1) is 14.7. The predicted octanol–water partition coefficient (Wildman–Crippen LogP) is 4.53. The molecular formula is C15H16N2OS3. The maximum absolute atomic E-state index is 12.2. The molecule has 0 radical (unpaired) electrons. The molecule has 2 heterocycles. The van der Waals surface area contributed by atoms with E-state index >= 15 is 0 Å². The number of carbonyl (C=O) groups is 1. The first-order chi connectivity index (χ1) is 9.85. The van der Waals surface area contributed by atoms with E-state index in [0.717, 1.165) is 26.2 Å². The van der Waals surface area contributed by atoms with Crippen LogP contribution in [0.2, 0.25) is 0 Å². The third-order valence-electron chi connectivity index (χ3n) is 3.66. The standard InChI is InChI=1S/C15H16N2OS3/c1-7-5-8-10-12(20-21-14(10)19)15(2,3)17-11(8)9(6-7)13(18)16-4/h5-6,17H,1-4H3,(H,16,18). The lowest BCUT2D eigenvalue weighted by atomic mass is 9.87. The van der Waals surface area contributed by atoms with E-state index in [1.165, 1.54) is 4.88 Å². The molecule has 0 unspecified atom stereocenters. The fourth-order valence-corrected chi connectivity index (χ4v) is 5.96. The molecule has 0 saturated heterocycles. The normalized spacial score (nSPS) is 14.9. The monoisotopic (exact) mass is 336 g/mol. The summed E-state index contributed by atoms with van der Waals surface area (Å²) in [6.07, 6.45) is 0. The third kappa shape index (κ3) is 2.22. The first-order valence-corrected chi connectivity index (χ1v) is 9.20. The molecule has 2 aromatic rings. The highest BCUT2D eigenvalue weighted by atomic mass is 32.9. The molecule has 2 N–H and O–H groups in total. The minimum atomic E-state index is -0.224. The third-order valence-corrected chi connectivity index (χ3v) is 7.00. The number of nitrogens with one attached hydrogen (secondary N) is 2. The van der Waals surface area contributed by atoms with Gasteiger partial charge in [-0.25, -0.2) is 0 Å². The van der Waals surface area contributed by atoms with Crippen molar-refractivity contribution in [1.82, 2.24) is 5.32 Å². The molecule has 3 rings (SSSR count). The number of rotatable bonds is 1. The number of anilines is 1. The highest BCUT2D eigenvalue weighted by molar-refractivity contribution is 7.80. The average molecular weight is 337 g/mol. The zero-order valence-electron chi connectivity index (χ0n) is 12.3. The molecule has 21 heavy (non-hydrogen) atoms. The van der Waals surface area contributed by atoms with E-state index in [1.807, 2.05) is 13.0 Å². The predicted molar refractivity (Wildman–Crippen MR) is 93.2 cm³/mol. The van der Waals surface area contributed by atoms with Crippen LogP contribution in [-0.2, 0) is 5.54 Å². The molecule has 0 spiro atoms. The van der Waals surface area contributed by atoms with Crippen molar-refractivity contribution in [2.75, 3.05) is 12.4 Å². The van der Waals surface area contributed by atoms with Gasteiger partial charge in [-0.05, 0) is 38.5 Å². The van der Waals surface area contributed by atoms with Gasteiger partial charge in [-0.3, -0.25) is 4.79 Å². The second kappa shape index (κ2) is 4.90. The highest BCUT2D eigenvalue weighted by Crippen LogP contribution is 2.49. The van der Waals surface area contributed by atoms with Crippen LogP contribution in [0.1, 0.15) is 34.6 Å². The van der Waals surface area contributed by atoms with Gasteiger partial charge in [0.25, 0.3) is 5.91 Å². The van der Waals surface area contributed by atoms with Gasteiger partial charge < -0.3 is 10.6 Å². The first-order valence-electron chi connectivity index (χ1n) is 6.64. The van der Waals surface area contributed by atoms with Crippen LogP contribution < -0.4 is 10.6 Å². The Balaban J connectivity index is 2.39. The van der Waals surface area contributed by atoms with Crippen molar-refractivity contribution in [3.63, 3.8) is 0 Å². The Kier molecular flexibility index (Phi) is 3.43. The van der Waals surface area contributed by atoms with Gasteiger partial charge in [0.05, 0.1) is 21.7 Å². The van der Waals surface area contributed by atoms with Crippen LogP contribution in [-0.4, -0.2) is 13.0 Å². The minimum Gasteiger partial charge on any atom is -0.374 e. The summed E-state index contributed by atoms with van der Waals surface area (Å²) in [6, 6.07) is 4.03. The van der Waals surface area contributed by atoms with Crippen molar-refractivity contribution in [2.24, 2.45) is 0 Å². The smallest absolute Gasteiger partial charge is 0.253 e. The molecular weight excluding hydrogens is 320 g/mol. The van der Waals surface area contributed by atoms with E-state index in [9.17, 15) is 4.79 Å². The van der Waals surface area contributed by atoms with Gasteiger partial charge in [-0.1, -0.05) is 32.9 Å². The maximum Gasteiger partial charge on any atom is 0.253 e. The Morgan fingerprint density at radius 1 is 1.33 bits per heavy atom. The summed E-state index contributed by atoms with van der Waals surface area (Å²) in [5.41, 5.74) is 4.56. The van der Waals surface area contributed by atoms with E-state index in [4.69, 9.17) is 12.2 Å². The summed E-state index contributed by atoms with van der Waals surface area (Å²) in [5, 5.41) is 6.25. The Bertz CT molecular complexity index is 802. The average Bonchev–Trinajstić information content (AvgIpc) is 2.81.